The van der Waals surface area contributed by atoms with E-state index in [1.165, 1.54) is 16.0 Å². The maximum absolute atomic E-state index is 12.7. The van der Waals surface area contributed by atoms with Crippen LogP contribution in [0, 0.1) is 13.8 Å². The second-order valence-corrected chi connectivity index (χ2v) is 8.64. The molecular weight excluding hydrogens is 408 g/mol. The summed E-state index contributed by atoms with van der Waals surface area (Å²) in [7, 11) is 0. The van der Waals surface area contributed by atoms with Crippen molar-refractivity contribution >= 4 is 40.9 Å². The topological polar surface area (TPSA) is 66.5 Å². The Labute approximate surface area is 185 Å². The summed E-state index contributed by atoms with van der Waals surface area (Å²) in [6.45, 7) is 4.17. The van der Waals surface area contributed by atoms with Crippen LogP contribution in [0.15, 0.2) is 76.5 Å². The standard InChI is InChI=1S/C25H22N2O3S/c1-16-6-7-17(2)22(14-16)31-21-10-8-19(9-11-21)26-25(30)18-4-3-5-20(15-18)27-23(28)12-13-24(27)29/h3-11,14-15H,12-13H2,1-2H3,(H,26,30). The number of aryl methyl sites for hydroxylation is 2. The number of hydrogen-bond donors (Lipinski definition) is 1. The summed E-state index contributed by atoms with van der Waals surface area (Å²) < 4.78 is 0. The number of nitrogens with one attached hydrogen (secondary N) is 1. The molecule has 4 rings (SSSR count). The number of carbonyl (C=O) groups is 3. The maximum Gasteiger partial charge on any atom is 0.255 e. The van der Waals surface area contributed by atoms with E-state index >= 15 is 0 Å². The predicted molar refractivity (Wildman–Crippen MR) is 123 cm³/mol. The van der Waals surface area contributed by atoms with Crippen LogP contribution < -0.4 is 10.2 Å². The Balaban J connectivity index is 1.45. The Morgan fingerprint density at radius 1 is 0.903 bits per heavy atom. The lowest BCUT2D eigenvalue weighted by atomic mass is 10.1. The molecule has 6 heteroatoms. The van der Waals surface area contributed by atoms with Gasteiger partial charge in [-0.15, -0.1) is 0 Å². The third-order valence-corrected chi connectivity index (χ3v) is 6.27. The van der Waals surface area contributed by atoms with Gasteiger partial charge in [-0.3, -0.25) is 19.3 Å². The second-order valence-electron chi connectivity index (χ2n) is 7.52. The molecule has 0 spiro atoms. The molecule has 1 aliphatic heterocycles. The molecule has 0 aromatic heterocycles. The Hall–Kier alpha value is -3.38. The first-order valence-electron chi connectivity index (χ1n) is 10.0. The number of benzene rings is 3. The van der Waals surface area contributed by atoms with Crippen LogP contribution in [0.5, 0.6) is 0 Å². The highest BCUT2D eigenvalue weighted by Crippen LogP contribution is 2.32. The van der Waals surface area contributed by atoms with Crippen LogP contribution in [0.2, 0.25) is 0 Å². The average molecular weight is 431 g/mol. The van der Waals surface area contributed by atoms with Crippen molar-refractivity contribution in [2.45, 2.75) is 36.5 Å². The molecule has 0 bridgehead atoms. The first kappa shape index (κ1) is 20.9. The summed E-state index contributed by atoms with van der Waals surface area (Å²) in [6.07, 6.45) is 0.420. The molecule has 5 nitrogen and oxygen atoms in total. The van der Waals surface area contributed by atoms with Gasteiger partial charge in [0.15, 0.2) is 0 Å². The summed E-state index contributed by atoms with van der Waals surface area (Å²) in [5, 5.41) is 2.87. The van der Waals surface area contributed by atoms with Crippen LogP contribution in [-0.2, 0) is 9.59 Å². The number of rotatable bonds is 5. The summed E-state index contributed by atoms with van der Waals surface area (Å²) in [4.78, 5) is 40.1. The van der Waals surface area contributed by atoms with Crippen molar-refractivity contribution < 1.29 is 14.4 Å². The van der Waals surface area contributed by atoms with Gasteiger partial charge in [0.25, 0.3) is 5.91 Å². The quantitative estimate of drug-likeness (QED) is 0.554. The van der Waals surface area contributed by atoms with Gasteiger partial charge in [0.1, 0.15) is 0 Å². The van der Waals surface area contributed by atoms with E-state index in [9.17, 15) is 14.4 Å². The van der Waals surface area contributed by atoms with Crippen molar-refractivity contribution in [1.82, 2.24) is 0 Å². The van der Waals surface area contributed by atoms with Crippen molar-refractivity contribution in [3.8, 4) is 0 Å². The van der Waals surface area contributed by atoms with Gasteiger partial charge in [0, 0.05) is 33.9 Å². The monoisotopic (exact) mass is 430 g/mol. The van der Waals surface area contributed by atoms with Crippen LogP contribution >= 0.6 is 11.8 Å². The van der Waals surface area contributed by atoms with Crippen LogP contribution in [0.3, 0.4) is 0 Å². The molecule has 0 unspecified atom stereocenters. The van der Waals surface area contributed by atoms with Gasteiger partial charge in [-0.25, -0.2) is 0 Å². The second kappa shape index (κ2) is 8.78. The molecule has 3 aromatic rings. The minimum absolute atomic E-state index is 0.210. The molecule has 1 N–H and O–H groups in total. The minimum Gasteiger partial charge on any atom is -0.322 e. The highest BCUT2D eigenvalue weighted by Gasteiger charge is 2.30. The summed E-state index contributed by atoms with van der Waals surface area (Å²) in [6, 6.07) is 20.6. The highest BCUT2D eigenvalue weighted by molar-refractivity contribution is 7.99. The molecule has 1 heterocycles. The number of hydrogen-bond acceptors (Lipinski definition) is 4. The normalized spacial score (nSPS) is 13.5. The van der Waals surface area contributed by atoms with E-state index in [1.807, 2.05) is 24.3 Å². The molecule has 1 saturated heterocycles. The largest absolute Gasteiger partial charge is 0.322 e. The van der Waals surface area contributed by atoms with E-state index in [-0.39, 0.29) is 30.6 Å². The van der Waals surface area contributed by atoms with Crippen molar-refractivity contribution in [2.75, 3.05) is 10.2 Å². The Kier molecular flexibility index (Phi) is 5.91. The zero-order valence-electron chi connectivity index (χ0n) is 17.3. The molecule has 3 amide bonds. The van der Waals surface area contributed by atoms with Gasteiger partial charge < -0.3 is 5.32 Å². The molecule has 0 atom stereocenters. The van der Waals surface area contributed by atoms with E-state index in [1.54, 1.807) is 36.0 Å². The van der Waals surface area contributed by atoms with E-state index in [4.69, 9.17) is 0 Å². The van der Waals surface area contributed by atoms with E-state index < -0.39 is 0 Å². The fourth-order valence-corrected chi connectivity index (χ4v) is 4.40. The van der Waals surface area contributed by atoms with Crippen molar-refractivity contribution in [1.29, 1.82) is 0 Å². The van der Waals surface area contributed by atoms with Crippen LogP contribution in [-0.4, -0.2) is 17.7 Å². The molecule has 31 heavy (non-hydrogen) atoms. The van der Waals surface area contributed by atoms with Crippen LogP contribution in [0.1, 0.15) is 34.3 Å². The Bertz CT molecular complexity index is 1160. The zero-order valence-corrected chi connectivity index (χ0v) is 18.2. The fraction of sp³-hybridized carbons (Fsp3) is 0.160. The van der Waals surface area contributed by atoms with Gasteiger partial charge in [-0.1, -0.05) is 30.0 Å². The number of carbonyl (C=O) groups excluding carboxylic acids is 3. The Morgan fingerprint density at radius 2 is 1.61 bits per heavy atom. The maximum atomic E-state index is 12.7. The van der Waals surface area contributed by atoms with E-state index in [0.717, 1.165) is 9.80 Å². The average Bonchev–Trinajstić information content (AvgIpc) is 3.10. The molecule has 1 aliphatic rings. The lowest BCUT2D eigenvalue weighted by Gasteiger charge is -2.15. The Morgan fingerprint density at radius 3 is 2.32 bits per heavy atom. The number of anilines is 2. The lowest BCUT2D eigenvalue weighted by molar-refractivity contribution is -0.121. The number of nitrogens with zero attached hydrogens (tertiary/aromatic N) is 1. The SMILES string of the molecule is Cc1ccc(C)c(Sc2ccc(NC(=O)c3cccc(N4C(=O)CCC4=O)c3)cc2)c1. The summed E-state index contributed by atoms with van der Waals surface area (Å²) in [5.41, 5.74) is 3.94. The van der Waals surface area contributed by atoms with Crippen LogP contribution in [0.25, 0.3) is 0 Å². The van der Waals surface area contributed by atoms with E-state index in [0.29, 0.717) is 16.9 Å². The molecule has 3 aromatic carbocycles. The van der Waals surface area contributed by atoms with Gasteiger partial charge >= 0.3 is 0 Å². The van der Waals surface area contributed by atoms with Crippen molar-refractivity contribution in [2.24, 2.45) is 0 Å². The molecule has 0 radical (unpaired) electrons. The van der Waals surface area contributed by atoms with Gasteiger partial charge in [-0.05, 0) is 73.5 Å². The van der Waals surface area contributed by atoms with Crippen molar-refractivity contribution in [3.63, 3.8) is 0 Å². The smallest absolute Gasteiger partial charge is 0.255 e. The van der Waals surface area contributed by atoms with Gasteiger partial charge in [0.2, 0.25) is 11.8 Å². The molecular formula is C25H22N2O3S. The predicted octanol–water partition coefficient (Wildman–Crippen LogP) is 5.36. The van der Waals surface area contributed by atoms with Crippen molar-refractivity contribution in [3.05, 3.63) is 83.4 Å². The zero-order chi connectivity index (χ0) is 22.0. The third-order valence-electron chi connectivity index (χ3n) is 5.10. The minimum atomic E-state index is -0.295. The number of imide groups is 1. The summed E-state index contributed by atoms with van der Waals surface area (Å²) in [5.74, 6) is -0.769. The molecule has 156 valence electrons. The molecule has 1 fully saturated rings. The van der Waals surface area contributed by atoms with Crippen LogP contribution in [0.4, 0.5) is 11.4 Å². The fourth-order valence-electron chi connectivity index (χ4n) is 3.40. The third kappa shape index (κ3) is 4.70. The van der Waals surface area contributed by atoms with E-state index in [2.05, 4.69) is 37.4 Å². The first-order chi connectivity index (χ1) is 14.9. The lowest BCUT2D eigenvalue weighted by Crippen LogP contribution is -2.28. The van der Waals surface area contributed by atoms with Gasteiger partial charge in [0.05, 0.1) is 5.69 Å². The first-order valence-corrected chi connectivity index (χ1v) is 10.8. The van der Waals surface area contributed by atoms with Gasteiger partial charge in [-0.2, -0.15) is 0 Å². The molecule has 0 saturated carbocycles. The summed E-state index contributed by atoms with van der Waals surface area (Å²) >= 11 is 1.69. The highest BCUT2D eigenvalue weighted by atomic mass is 32.2. The number of amides is 3. The molecule has 0 aliphatic carbocycles.